The first-order chi connectivity index (χ1) is 15.7. The summed E-state index contributed by atoms with van der Waals surface area (Å²) < 4.78 is 6.22. The Labute approximate surface area is 203 Å². The molecule has 6 nitrogen and oxygen atoms in total. The number of ether oxygens (including phenoxy) is 1. The monoisotopic (exact) mass is 524 g/mol. The van der Waals surface area contributed by atoms with Crippen molar-refractivity contribution in [2.75, 3.05) is 10.2 Å². The van der Waals surface area contributed by atoms with Crippen molar-refractivity contribution in [3.05, 3.63) is 98.6 Å². The Bertz CT molecular complexity index is 1300. The van der Waals surface area contributed by atoms with E-state index in [4.69, 9.17) is 16.3 Å². The molecule has 8 heteroatoms. The summed E-state index contributed by atoms with van der Waals surface area (Å²) in [5.74, 6) is -1.24. The molecular formula is C25H18BrClN2O4. The molecule has 0 atom stereocenters. The summed E-state index contributed by atoms with van der Waals surface area (Å²) >= 11 is 9.54. The predicted molar refractivity (Wildman–Crippen MR) is 130 cm³/mol. The zero-order valence-corrected chi connectivity index (χ0v) is 20.0. The molecule has 0 fully saturated rings. The minimum atomic E-state index is -0.592. The second kappa shape index (κ2) is 9.21. The van der Waals surface area contributed by atoms with Crippen LogP contribution in [0.4, 0.5) is 11.4 Å². The van der Waals surface area contributed by atoms with Gasteiger partial charge >= 0.3 is 5.97 Å². The summed E-state index contributed by atoms with van der Waals surface area (Å²) in [7, 11) is 0. The van der Waals surface area contributed by atoms with Gasteiger partial charge in [0.05, 0.1) is 11.3 Å². The van der Waals surface area contributed by atoms with E-state index in [0.29, 0.717) is 22.7 Å². The van der Waals surface area contributed by atoms with Gasteiger partial charge in [0.1, 0.15) is 16.5 Å². The number of esters is 1. The minimum Gasteiger partial charge on any atom is -0.423 e. The SMILES string of the molecule is Cc1ccc(N2C(=O)C(Cl)=C(Nc3ccc(C(=O)Oc4ccc(Br)cc4)cc3)C2=O)c(C)c1. The van der Waals surface area contributed by atoms with Gasteiger partial charge in [-0.15, -0.1) is 0 Å². The van der Waals surface area contributed by atoms with E-state index in [0.717, 1.165) is 20.5 Å². The average Bonchev–Trinajstić information content (AvgIpc) is 2.99. The van der Waals surface area contributed by atoms with E-state index in [1.54, 1.807) is 54.6 Å². The molecule has 0 aliphatic carbocycles. The first-order valence-corrected chi connectivity index (χ1v) is 11.1. The third-order valence-corrected chi connectivity index (χ3v) is 5.91. The molecule has 0 aromatic heterocycles. The minimum absolute atomic E-state index is 0.0215. The summed E-state index contributed by atoms with van der Waals surface area (Å²) in [6.07, 6.45) is 0. The maximum absolute atomic E-state index is 13.0. The van der Waals surface area contributed by atoms with Crippen molar-refractivity contribution in [1.82, 2.24) is 0 Å². The molecule has 1 aliphatic heterocycles. The molecule has 166 valence electrons. The Morgan fingerprint density at radius 3 is 2.24 bits per heavy atom. The molecule has 1 aliphatic rings. The van der Waals surface area contributed by atoms with Gasteiger partial charge in [-0.1, -0.05) is 45.2 Å². The molecule has 1 heterocycles. The maximum Gasteiger partial charge on any atom is 0.343 e. The van der Waals surface area contributed by atoms with Crippen LogP contribution in [0.15, 0.2) is 81.9 Å². The summed E-state index contributed by atoms with van der Waals surface area (Å²) in [6, 6.07) is 18.7. The van der Waals surface area contributed by atoms with E-state index in [2.05, 4.69) is 21.2 Å². The Kier molecular flexibility index (Phi) is 6.35. The number of nitrogens with zero attached hydrogens (tertiary/aromatic N) is 1. The van der Waals surface area contributed by atoms with E-state index in [1.165, 1.54) is 0 Å². The molecule has 0 spiro atoms. The average molecular weight is 526 g/mol. The second-order valence-corrected chi connectivity index (χ2v) is 8.76. The highest BCUT2D eigenvalue weighted by atomic mass is 79.9. The fourth-order valence-corrected chi connectivity index (χ4v) is 3.87. The van der Waals surface area contributed by atoms with Crippen molar-refractivity contribution in [3.8, 4) is 5.75 Å². The molecule has 1 N–H and O–H groups in total. The van der Waals surface area contributed by atoms with Gasteiger partial charge in [-0.25, -0.2) is 9.69 Å². The quantitative estimate of drug-likeness (QED) is 0.262. The van der Waals surface area contributed by atoms with Crippen LogP contribution in [-0.4, -0.2) is 17.8 Å². The molecule has 4 rings (SSSR count). The lowest BCUT2D eigenvalue weighted by Gasteiger charge is -2.18. The first-order valence-electron chi connectivity index (χ1n) is 9.95. The van der Waals surface area contributed by atoms with E-state index in [1.807, 2.05) is 26.0 Å². The van der Waals surface area contributed by atoms with Crippen molar-refractivity contribution >= 4 is 56.7 Å². The first kappa shape index (κ1) is 22.8. The molecule has 0 unspecified atom stereocenters. The van der Waals surface area contributed by atoms with Gasteiger partial charge < -0.3 is 10.1 Å². The maximum atomic E-state index is 13.0. The molecule has 0 radical (unpaired) electrons. The number of aryl methyl sites for hydroxylation is 2. The number of anilines is 2. The number of amides is 2. The normalized spacial score (nSPS) is 13.5. The van der Waals surface area contributed by atoms with Crippen LogP contribution in [-0.2, 0) is 9.59 Å². The largest absolute Gasteiger partial charge is 0.423 e. The lowest BCUT2D eigenvalue weighted by Crippen LogP contribution is -2.32. The van der Waals surface area contributed by atoms with Gasteiger partial charge in [0.25, 0.3) is 11.8 Å². The molecule has 33 heavy (non-hydrogen) atoms. The summed E-state index contributed by atoms with van der Waals surface area (Å²) in [5.41, 5.74) is 3.09. The van der Waals surface area contributed by atoms with Crippen LogP contribution in [0.25, 0.3) is 0 Å². The fourth-order valence-electron chi connectivity index (χ4n) is 3.39. The number of benzene rings is 3. The molecular weight excluding hydrogens is 508 g/mol. The lowest BCUT2D eigenvalue weighted by molar-refractivity contribution is -0.120. The van der Waals surface area contributed by atoms with Crippen LogP contribution < -0.4 is 15.0 Å². The van der Waals surface area contributed by atoms with Crippen LogP contribution in [0.2, 0.25) is 0 Å². The Morgan fingerprint density at radius 1 is 0.939 bits per heavy atom. The van der Waals surface area contributed by atoms with E-state index < -0.39 is 17.8 Å². The van der Waals surface area contributed by atoms with Crippen LogP contribution in [0, 0.1) is 13.8 Å². The van der Waals surface area contributed by atoms with Crippen LogP contribution in [0.5, 0.6) is 5.75 Å². The molecule has 0 bridgehead atoms. The zero-order chi connectivity index (χ0) is 23.7. The summed E-state index contributed by atoms with van der Waals surface area (Å²) in [5, 5.41) is 2.71. The lowest BCUT2D eigenvalue weighted by atomic mass is 10.1. The highest BCUT2D eigenvalue weighted by Gasteiger charge is 2.39. The molecule has 3 aromatic rings. The number of rotatable bonds is 5. The number of hydrogen-bond donors (Lipinski definition) is 1. The summed E-state index contributed by atoms with van der Waals surface area (Å²) in [4.78, 5) is 39.1. The highest BCUT2D eigenvalue weighted by Crippen LogP contribution is 2.32. The Hall–Kier alpha value is -3.42. The summed E-state index contributed by atoms with van der Waals surface area (Å²) in [6.45, 7) is 3.76. The van der Waals surface area contributed by atoms with Crippen LogP contribution in [0.1, 0.15) is 21.5 Å². The van der Waals surface area contributed by atoms with Crippen molar-refractivity contribution in [2.24, 2.45) is 0 Å². The van der Waals surface area contributed by atoms with Gasteiger partial charge in [-0.05, 0) is 74.0 Å². The molecule has 2 amide bonds. The Balaban J connectivity index is 1.49. The van der Waals surface area contributed by atoms with Crippen molar-refractivity contribution in [3.63, 3.8) is 0 Å². The van der Waals surface area contributed by atoms with Crippen LogP contribution >= 0.6 is 27.5 Å². The van der Waals surface area contributed by atoms with Crippen LogP contribution in [0.3, 0.4) is 0 Å². The third kappa shape index (κ3) is 4.69. The van der Waals surface area contributed by atoms with Crippen molar-refractivity contribution < 1.29 is 19.1 Å². The number of nitrogens with one attached hydrogen (secondary N) is 1. The number of hydrogen-bond acceptors (Lipinski definition) is 5. The van der Waals surface area contributed by atoms with E-state index in [9.17, 15) is 14.4 Å². The third-order valence-electron chi connectivity index (χ3n) is 5.03. The molecule has 3 aromatic carbocycles. The topological polar surface area (TPSA) is 75.7 Å². The predicted octanol–water partition coefficient (Wildman–Crippen LogP) is 5.72. The zero-order valence-electron chi connectivity index (χ0n) is 17.7. The van der Waals surface area contributed by atoms with E-state index in [-0.39, 0.29) is 10.7 Å². The number of halogens is 2. The van der Waals surface area contributed by atoms with Gasteiger partial charge in [-0.2, -0.15) is 0 Å². The smallest absolute Gasteiger partial charge is 0.343 e. The van der Waals surface area contributed by atoms with E-state index >= 15 is 0 Å². The fraction of sp³-hybridized carbons (Fsp3) is 0.0800. The molecule has 0 saturated carbocycles. The number of carbonyl (C=O) groups is 3. The molecule has 0 saturated heterocycles. The van der Waals surface area contributed by atoms with Crippen molar-refractivity contribution in [2.45, 2.75) is 13.8 Å². The second-order valence-electron chi connectivity index (χ2n) is 7.47. The van der Waals surface area contributed by atoms with Crippen molar-refractivity contribution in [1.29, 1.82) is 0 Å². The van der Waals surface area contributed by atoms with Gasteiger partial charge in [0.15, 0.2) is 0 Å². The standard InChI is InChI=1S/C25H18BrClN2O4/c1-14-3-12-20(15(2)13-14)29-23(30)21(27)22(24(29)31)28-18-8-4-16(5-9-18)25(32)33-19-10-6-17(26)7-11-19/h3-13,28H,1-2H3. The highest BCUT2D eigenvalue weighted by molar-refractivity contribution is 9.10. The number of imide groups is 1. The number of carbonyl (C=O) groups excluding carboxylic acids is 3. The van der Waals surface area contributed by atoms with Gasteiger partial charge in [-0.3, -0.25) is 9.59 Å². The Morgan fingerprint density at radius 2 is 1.61 bits per heavy atom. The van der Waals surface area contributed by atoms with Gasteiger partial charge in [0, 0.05) is 10.2 Å². The van der Waals surface area contributed by atoms with Gasteiger partial charge in [0.2, 0.25) is 0 Å².